The number of aliphatic hydroxyl groups is 2. The molecule has 0 aromatic carbocycles. The topological polar surface area (TPSA) is 77.8 Å². The second-order valence-corrected chi connectivity index (χ2v) is 14.3. The van der Waals surface area contributed by atoms with Crippen molar-refractivity contribution < 1.29 is 20.1 Å². The normalized spacial score (nSPS) is 49.9. The van der Waals surface area contributed by atoms with Gasteiger partial charge >= 0.3 is 5.97 Å². The number of carboxylic acid groups (broad SMARTS) is 1. The first kappa shape index (κ1) is 24.8. The first-order valence-electron chi connectivity index (χ1n) is 14.1. The fourth-order valence-electron chi connectivity index (χ4n) is 11.2. The smallest absolute Gasteiger partial charge is 0.333 e. The lowest BCUT2D eigenvalue weighted by Crippen LogP contribution is -2.57. The van der Waals surface area contributed by atoms with Crippen molar-refractivity contribution in [3.63, 3.8) is 0 Å². The second kappa shape index (κ2) is 7.81. The Morgan fingerprint density at radius 2 is 1.62 bits per heavy atom. The van der Waals surface area contributed by atoms with E-state index in [0.29, 0.717) is 39.4 Å². The maximum absolute atomic E-state index is 11.2. The molecule has 5 saturated carbocycles. The predicted octanol–water partition coefficient (Wildman–Crippen LogP) is 6.21. The van der Waals surface area contributed by atoms with E-state index in [9.17, 15) is 20.1 Å². The van der Waals surface area contributed by atoms with E-state index in [4.69, 9.17) is 0 Å². The van der Waals surface area contributed by atoms with Crippen LogP contribution in [0, 0.1) is 50.7 Å². The lowest BCUT2D eigenvalue weighted by Gasteiger charge is -2.63. The van der Waals surface area contributed by atoms with Crippen LogP contribution in [0.5, 0.6) is 0 Å². The molecular formula is C30H48O4. The lowest BCUT2D eigenvalue weighted by molar-refractivity contribution is -0.161. The number of aliphatic hydroxyl groups excluding tert-OH is 2. The summed E-state index contributed by atoms with van der Waals surface area (Å²) in [6.45, 7) is 11.9. The van der Waals surface area contributed by atoms with Gasteiger partial charge in [-0.2, -0.15) is 0 Å². The van der Waals surface area contributed by atoms with Crippen LogP contribution in [0.4, 0.5) is 0 Å². The monoisotopic (exact) mass is 472 g/mol. The van der Waals surface area contributed by atoms with Gasteiger partial charge in [0, 0.05) is 0 Å². The lowest BCUT2D eigenvalue weighted by atomic mass is 9.41. The molecule has 0 bridgehead atoms. The Balaban J connectivity index is 1.35. The molecule has 0 amide bonds. The SMILES string of the molecule is CC(CC/C=C(/CO)C(=O)O)C1CCC2(C)C3CCC4C(C)(C)C(O)CCC45CC35CCC12C. The van der Waals surface area contributed by atoms with Gasteiger partial charge in [-0.25, -0.2) is 4.79 Å². The van der Waals surface area contributed by atoms with Crippen LogP contribution in [0.2, 0.25) is 0 Å². The molecule has 5 aliphatic carbocycles. The fourth-order valence-corrected chi connectivity index (χ4v) is 11.2. The summed E-state index contributed by atoms with van der Waals surface area (Å²) in [4.78, 5) is 11.2. The second-order valence-electron chi connectivity index (χ2n) is 14.3. The Labute approximate surface area is 206 Å². The average Bonchev–Trinajstić information content (AvgIpc) is 3.36. The summed E-state index contributed by atoms with van der Waals surface area (Å²) in [5.74, 6) is 1.78. The van der Waals surface area contributed by atoms with Gasteiger partial charge in [-0.3, -0.25) is 0 Å². The Hall–Kier alpha value is -0.870. The highest BCUT2D eigenvalue weighted by molar-refractivity contribution is 5.86. The molecule has 4 heteroatoms. The fraction of sp³-hybridized carbons (Fsp3) is 0.900. The van der Waals surface area contributed by atoms with Crippen LogP contribution >= 0.6 is 0 Å². The number of hydrogen-bond acceptors (Lipinski definition) is 3. The molecule has 0 saturated heterocycles. The zero-order chi connectivity index (χ0) is 24.7. The van der Waals surface area contributed by atoms with Crippen molar-refractivity contribution in [2.24, 2.45) is 50.7 Å². The Bertz CT molecular complexity index is 877. The highest BCUT2D eigenvalue weighted by atomic mass is 16.4. The third kappa shape index (κ3) is 3.00. The van der Waals surface area contributed by atoms with E-state index in [1.54, 1.807) is 6.08 Å². The van der Waals surface area contributed by atoms with E-state index >= 15 is 0 Å². The van der Waals surface area contributed by atoms with Gasteiger partial charge < -0.3 is 15.3 Å². The molecule has 5 aliphatic rings. The minimum atomic E-state index is -1.000. The summed E-state index contributed by atoms with van der Waals surface area (Å²) in [5, 5.41) is 29.4. The first-order chi connectivity index (χ1) is 15.9. The largest absolute Gasteiger partial charge is 0.478 e. The molecule has 192 valence electrons. The number of carboxylic acids is 1. The molecule has 0 aromatic rings. The van der Waals surface area contributed by atoms with Crippen LogP contribution in [0.1, 0.15) is 105 Å². The molecule has 3 N–H and O–H groups in total. The molecule has 5 fully saturated rings. The van der Waals surface area contributed by atoms with Gasteiger partial charge in [-0.05, 0) is 121 Å². The minimum Gasteiger partial charge on any atom is -0.478 e. The van der Waals surface area contributed by atoms with Crippen LogP contribution in [0.3, 0.4) is 0 Å². The predicted molar refractivity (Wildman–Crippen MR) is 134 cm³/mol. The van der Waals surface area contributed by atoms with Crippen LogP contribution in [0.15, 0.2) is 11.6 Å². The van der Waals surface area contributed by atoms with Crippen molar-refractivity contribution in [2.45, 2.75) is 111 Å². The van der Waals surface area contributed by atoms with Crippen LogP contribution in [-0.4, -0.2) is 34.0 Å². The summed E-state index contributed by atoms with van der Waals surface area (Å²) >= 11 is 0. The van der Waals surface area contributed by atoms with E-state index < -0.39 is 5.97 Å². The van der Waals surface area contributed by atoms with Crippen molar-refractivity contribution in [1.29, 1.82) is 0 Å². The van der Waals surface area contributed by atoms with Gasteiger partial charge in [0.1, 0.15) is 0 Å². The number of carbonyl (C=O) groups is 1. The zero-order valence-electron chi connectivity index (χ0n) is 22.2. The molecule has 0 radical (unpaired) electrons. The summed E-state index contributed by atoms with van der Waals surface area (Å²) in [7, 11) is 0. The summed E-state index contributed by atoms with van der Waals surface area (Å²) in [5.41, 5.74) is 1.96. The molecule has 0 aliphatic heterocycles. The Kier molecular flexibility index (Phi) is 5.70. The van der Waals surface area contributed by atoms with Crippen LogP contribution in [-0.2, 0) is 4.79 Å². The zero-order valence-corrected chi connectivity index (χ0v) is 22.2. The number of rotatable bonds is 6. The van der Waals surface area contributed by atoms with Crippen LogP contribution in [0.25, 0.3) is 0 Å². The summed E-state index contributed by atoms with van der Waals surface area (Å²) in [6, 6.07) is 0. The highest BCUT2D eigenvalue weighted by Crippen LogP contribution is 2.89. The molecule has 9 unspecified atom stereocenters. The molecule has 0 heterocycles. The quantitative estimate of drug-likeness (QED) is 0.402. The molecular weight excluding hydrogens is 424 g/mol. The molecule has 34 heavy (non-hydrogen) atoms. The number of fused-ring (bicyclic) bond motifs is 2. The van der Waals surface area contributed by atoms with Crippen molar-refractivity contribution in [3.05, 3.63) is 11.6 Å². The van der Waals surface area contributed by atoms with E-state index in [0.717, 1.165) is 25.2 Å². The van der Waals surface area contributed by atoms with E-state index in [1.165, 1.54) is 51.4 Å². The van der Waals surface area contributed by atoms with E-state index in [-0.39, 0.29) is 23.7 Å². The first-order valence-corrected chi connectivity index (χ1v) is 14.1. The molecule has 9 atom stereocenters. The van der Waals surface area contributed by atoms with Crippen molar-refractivity contribution >= 4 is 5.97 Å². The van der Waals surface area contributed by atoms with Gasteiger partial charge in [-0.1, -0.05) is 40.7 Å². The number of hydrogen-bond donors (Lipinski definition) is 3. The van der Waals surface area contributed by atoms with E-state index in [1.807, 2.05) is 0 Å². The van der Waals surface area contributed by atoms with E-state index in [2.05, 4.69) is 34.6 Å². The maximum Gasteiger partial charge on any atom is 0.333 e. The van der Waals surface area contributed by atoms with Crippen molar-refractivity contribution in [2.75, 3.05) is 6.61 Å². The third-order valence-electron chi connectivity index (χ3n) is 13.3. The summed E-state index contributed by atoms with van der Waals surface area (Å²) in [6.07, 6.45) is 15.0. The van der Waals surface area contributed by atoms with Crippen LogP contribution < -0.4 is 0 Å². The molecule has 0 aromatic heterocycles. The summed E-state index contributed by atoms with van der Waals surface area (Å²) < 4.78 is 0. The minimum absolute atomic E-state index is 0.0536. The van der Waals surface area contributed by atoms with Gasteiger partial charge in [0.15, 0.2) is 0 Å². The average molecular weight is 473 g/mol. The third-order valence-corrected chi connectivity index (χ3v) is 13.3. The Morgan fingerprint density at radius 1 is 0.941 bits per heavy atom. The van der Waals surface area contributed by atoms with Gasteiger partial charge in [0.2, 0.25) is 0 Å². The Morgan fingerprint density at radius 3 is 2.29 bits per heavy atom. The standard InChI is InChI=1S/C30H48O4/c1-19(7-6-8-20(17-31)25(33)34)21-11-13-28(5)23-10-9-22-26(2,3)24(32)12-14-29(22)18-30(23,29)16-15-27(21,28)4/h8,19,21-24,31-32H,6-7,9-18H2,1-5H3,(H,33,34)/b20-8-. The van der Waals surface area contributed by atoms with Gasteiger partial charge in [0.05, 0.1) is 18.3 Å². The number of aliphatic carboxylic acids is 1. The molecule has 4 nitrogen and oxygen atoms in total. The van der Waals surface area contributed by atoms with Gasteiger partial charge in [0.25, 0.3) is 0 Å². The molecule has 5 rings (SSSR count). The van der Waals surface area contributed by atoms with Gasteiger partial charge in [-0.15, -0.1) is 0 Å². The molecule has 2 spiro atoms. The van der Waals surface area contributed by atoms with Crippen molar-refractivity contribution in [3.8, 4) is 0 Å². The maximum atomic E-state index is 11.2. The number of allylic oxidation sites excluding steroid dienone is 1. The van der Waals surface area contributed by atoms with Crippen molar-refractivity contribution in [1.82, 2.24) is 0 Å². The highest BCUT2D eigenvalue weighted by Gasteiger charge is 2.82.